The van der Waals surface area contributed by atoms with Gasteiger partial charge in [-0.05, 0) is 30.2 Å². The summed E-state index contributed by atoms with van der Waals surface area (Å²) >= 11 is 5.97. The van der Waals surface area contributed by atoms with Crippen molar-refractivity contribution in [2.24, 2.45) is 0 Å². The van der Waals surface area contributed by atoms with Gasteiger partial charge >= 0.3 is 0 Å². The highest BCUT2D eigenvalue weighted by atomic mass is 35.5. The quantitative estimate of drug-likeness (QED) is 0.781. The molecule has 1 aromatic carbocycles. The van der Waals surface area contributed by atoms with Gasteiger partial charge in [0.05, 0.1) is 11.8 Å². The molecule has 0 aliphatic carbocycles. The van der Waals surface area contributed by atoms with Crippen molar-refractivity contribution in [2.45, 2.75) is 25.3 Å². The number of halogens is 1. The van der Waals surface area contributed by atoms with Crippen LogP contribution in [0, 0.1) is 0 Å². The summed E-state index contributed by atoms with van der Waals surface area (Å²) in [5.41, 5.74) is 1.31. The number of sulfonamides is 1. The topological polar surface area (TPSA) is 88.2 Å². The molecule has 2 N–H and O–H groups in total. The molecule has 2 aromatic rings. The van der Waals surface area contributed by atoms with Crippen LogP contribution in [0.15, 0.2) is 48.8 Å². The number of nitrogens with zero attached hydrogens (tertiary/aromatic N) is 1. The SMILES string of the molecule is C[C@@H](NS(=O)(=O)Cc1ccccc1Cl)C(=O)NCc1cccnc1. The largest absolute Gasteiger partial charge is 0.351 e. The van der Waals surface area contributed by atoms with Gasteiger partial charge in [-0.15, -0.1) is 0 Å². The summed E-state index contributed by atoms with van der Waals surface area (Å²) in [6.07, 6.45) is 3.27. The maximum Gasteiger partial charge on any atom is 0.238 e. The Morgan fingerprint density at radius 3 is 2.67 bits per heavy atom. The van der Waals surface area contributed by atoms with Gasteiger partial charge in [-0.3, -0.25) is 9.78 Å². The molecule has 1 atom stereocenters. The Morgan fingerprint density at radius 2 is 2.00 bits per heavy atom. The first-order valence-corrected chi connectivity index (χ1v) is 9.30. The van der Waals surface area contributed by atoms with Crippen LogP contribution in [-0.4, -0.2) is 25.4 Å². The summed E-state index contributed by atoms with van der Waals surface area (Å²) in [7, 11) is -3.69. The van der Waals surface area contributed by atoms with E-state index < -0.39 is 22.0 Å². The summed E-state index contributed by atoms with van der Waals surface area (Å²) in [4.78, 5) is 16.0. The van der Waals surface area contributed by atoms with Gasteiger partial charge in [0.1, 0.15) is 0 Å². The molecule has 0 saturated heterocycles. The average Bonchev–Trinajstić information content (AvgIpc) is 2.55. The first kappa shape index (κ1) is 18.4. The van der Waals surface area contributed by atoms with Crippen LogP contribution in [0.2, 0.25) is 5.02 Å². The van der Waals surface area contributed by atoms with Gasteiger partial charge in [0.15, 0.2) is 0 Å². The summed E-state index contributed by atoms with van der Waals surface area (Å²) in [6, 6.07) is 9.37. The predicted octanol–water partition coefficient (Wildman–Crippen LogP) is 1.86. The van der Waals surface area contributed by atoms with Crippen molar-refractivity contribution in [3.8, 4) is 0 Å². The number of hydrogen-bond acceptors (Lipinski definition) is 4. The molecule has 0 bridgehead atoms. The van der Waals surface area contributed by atoms with E-state index in [0.717, 1.165) is 5.56 Å². The standard InChI is InChI=1S/C16H18ClN3O3S/c1-12(16(21)19-10-13-5-4-8-18-9-13)20-24(22,23)11-14-6-2-3-7-15(14)17/h2-9,12,20H,10-11H2,1H3,(H,19,21)/t12-/m1/s1. The number of amides is 1. The average molecular weight is 368 g/mol. The van der Waals surface area contributed by atoms with Gasteiger partial charge < -0.3 is 5.32 Å². The number of hydrogen-bond donors (Lipinski definition) is 2. The van der Waals surface area contributed by atoms with Crippen LogP contribution in [0.5, 0.6) is 0 Å². The number of carbonyl (C=O) groups is 1. The Bertz CT molecular complexity index is 797. The van der Waals surface area contributed by atoms with Crippen molar-refractivity contribution >= 4 is 27.5 Å². The predicted molar refractivity (Wildman–Crippen MR) is 92.8 cm³/mol. The number of carbonyl (C=O) groups excluding carboxylic acids is 1. The molecule has 0 aliphatic heterocycles. The van der Waals surface area contributed by atoms with Crippen molar-refractivity contribution in [1.29, 1.82) is 0 Å². The number of pyridine rings is 1. The van der Waals surface area contributed by atoms with E-state index in [-0.39, 0.29) is 12.3 Å². The van der Waals surface area contributed by atoms with E-state index in [0.29, 0.717) is 10.6 Å². The highest BCUT2D eigenvalue weighted by molar-refractivity contribution is 7.88. The second kappa shape index (κ2) is 8.23. The normalized spacial score (nSPS) is 12.6. The molecule has 0 aliphatic rings. The third-order valence-corrected chi connectivity index (χ3v) is 5.01. The van der Waals surface area contributed by atoms with Crippen LogP contribution in [0.4, 0.5) is 0 Å². The Kier molecular flexibility index (Phi) is 6.30. The van der Waals surface area contributed by atoms with Crippen molar-refractivity contribution in [3.05, 3.63) is 64.9 Å². The molecular weight excluding hydrogens is 350 g/mol. The molecule has 0 radical (unpaired) electrons. The van der Waals surface area contributed by atoms with Gasteiger partial charge in [-0.2, -0.15) is 0 Å². The minimum Gasteiger partial charge on any atom is -0.351 e. The van der Waals surface area contributed by atoms with Crippen LogP contribution in [0.25, 0.3) is 0 Å². The Balaban J connectivity index is 1.91. The van der Waals surface area contributed by atoms with E-state index >= 15 is 0 Å². The van der Waals surface area contributed by atoms with E-state index in [1.165, 1.54) is 6.92 Å². The number of rotatable bonds is 7. The monoisotopic (exact) mass is 367 g/mol. The fraction of sp³-hybridized carbons (Fsp3) is 0.250. The zero-order valence-electron chi connectivity index (χ0n) is 13.1. The lowest BCUT2D eigenvalue weighted by atomic mass is 10.2. The smallest absolute Gasteiger partial charge is 0.238 e. The maximum absolute atomic E-state index is 12.2. The Hall–Kier alpha value is -1.96. The van der Waals surface area contributed by atoms with Crippen LogP contribution in [-0.2, 0) is 27.1 Å². The van der Waals surface area contributed by atoms with Crippen molar-refractivity contribution in [2.75, 3.05) is 0 Å². The molecule has 0 saturated carbocycles. The third kappa shape index (κ3) is 5.59. The van der Waals surface area contributed by atoms with E-state index in [9.17, 15) is 13.2 Å². The van der Waals surface area contributed by atoms with Gasteiger partial charge in [-0.1, -0.05) is 35.9 Å². The van der Waals surface area contributed by atoms with E-state index in [2.05, 4.69) is 15.0 Å². The van der Waals surface area contributed by atoms with E-state index in [1.807, 2.05) is 6.07 Å². The molecule has 8 heteroatoms. The molecule has 1 heterocycles. The molecule has 0 spiro atoms. The summed E-state index contributed by atoms with van der Waals surface area (Å²) < 4.78 is 26.7. The fourth-order valence-corrected chi connectivity index (χ4v) is 3.70. The van der Waals surface area contributed by atoms with E-state index in [1.54, 1.807) is 42.7 Å². The third-order valence-electron chi connectivity index (χ3n) is 3.24. The highest BCUT2D eigenvalue weighted by Gasteiger charge is 2.21. The van der Waals surface area contributed by atoms with Crippen LogP contribution < -0.4 is 10.0 Å². The molecule has 0 fully saturated rings. The minimum absolute atomic E-state index is 0.281. The summed E-state index contributed by atoms with van der Waals surface area (Å²) in [5, 5.41) is 3.04. The minimum atomic E-state index is -3.69. The molecule has 1 amide bonds. The van der Waals surface area contributed by atoms with Gasteiger partial charge in [-0.25, -0.2) is 13.1 Å². The van der Waals surface area contributed by atoms with Gasteiger partial charge in [0.2, 0.25) is 15.9 Å². The van der Waals surface area contributed by atoms with Crippen molar-refractivity contribution in [1.82, 2.24) is 15.0 Å². The van der Waals surface area contributed by atoms with Gasteiger partial charge in [0, 0.05) is 24.0 Å². The molecular formula is C16H18ClN3O3S. The number of nitrogens with one attached hydrogen (secondary N) is 2. The lowest BCUT2D eigenvalue weighted by Crippen LogP contribution is -2.44. The second-order valence-corrected chi connectivity index (χ2v) is 7.43. The highest BCUT2D eigenvalue weighted by Crippen LogP contribution is 2.17. The Labute approximate surface area is 146 Å². The molecule has 24 heavy (non-hydrogen) atoms. The van der Waals surface area contributed by atoms with Crippen molar-refractivity contribution in [3.63, 3.8) is 0 Å². The lowest BCUT2D eigenvalue weighted by molar-refractivity contribution is -0.122. The zero-order valence-corrected chi connectivity index (χ0v) is 14.6. The molecule has 6 nitrogen and oxygen atoms in total. The summed E-state index contributed by atoms with van der Waals surface area (Å²) in [5.74, 6) is -0.700. The maximum atomic E-state index is 12.2. The molecule has 2 rings (SSSR count). The van der Waals surface area contributed by atoms with Crippen molar-refractivity contribution < 1.29 is 13.2 Å². The van der Waals surface area contributed by atoms with Crippen LogP contribution in [0.3, 0.4) is 0 Å². The van der Waals surface area contributed by atoms with Gasteiger partial charge in [0.25, 0.3) is 0 Å². The first-order valence-electron chi connectivity index (χ1n) is 7.27. The second-order valence-electron chi connectivity index (χ2n) is 5.27. The molecule has 1 aromatic heterocycles. The fourth-order valence-electron chi connectivity index (χ4n) is 2.03. The summed E-state index contributed by atoms with van der Waals surface area (Å²) in [6.45, 7) is 1.77. The Morgan fingerprint density at radius 1 is 1.25 bits per heavy atom. The van der Waals surface area contributed by atoms with Crippen LogP contribution >= 0.6 is 11.6 Å². The number of benzene rings is 1. The first-order chi connectivity index (χ1) is 11.4. The molecule has 0 unspecified atom stereocenters. The lowest BCUT2D eigenvalue weighted by Gasteiger charge is -2.15. The molecule has 128 valence electrons. The zero-order chi connectivity index (χ0) is 17.6. The van der Waals surface area contributed by atoms with E-state index in [4.69, 9.17) is 11.6 Å². The van der Waals surface area contributed by atoms with Crippen LogP contribution in [0.1, 0.15) is 18.1 Å². The number of aromatic nitrogens is 1.